The zero-order chi connectivity index (χ0) is 17.5. The molecule has 23 heavy (non-hydrogen) atoms. The van der Waals surface area contributed by atoms with Crippen LogP contribution in [0, 0.1) is 5.92 Å². The van der Waals surface area contributed by atoms with Crippen molar-refractivity contribution < 1.29 is 18.9 Å². The molecule has 1 fully saturated rings. The Morgan fingerprint density at radius 1 is 1.39 bits per heavy atom. The van der Waals surface area contributed by atoms with Crippen molar-refractivity contribution in [3.8, 4) is 0 Å². The van der Waals surface area contributed by atoms with Gasteiger partial charge in [-0.25, -0.2) is 4.79 Å². The maximum atomic E-state index is 11.5. The summed E-state index contributed by atoms with van der Waals surface area (Å²) in [5.74, 6) is 0.617. The molecule has 0 aromatic heterocycles. The second-order valence-corrected chi connectivity index (χ2v) is 13.1. The number of hydrogen-bond donors (Lipinski definition) is 2. The summed E-state index contributed by atoms with van der Waals surface area (Å²) in [4.78, 5) is 21.9. The fraction of sp³-hybridized carbons (Fsp3) is 0.933. The second-order valence-electron chi connectivity index (χ2n) is 6.83. The van der Waals surface area contributed by atoms with Crippen LogP contribution in [0.3, 0.4) is 0 Å². The van der Waals surface area contributed by atoms with Crippen LogP contribution in [-0.2, 0) is 21.1 Å². The molecule has 0 heterocycles. The summed E-state index contributed by atoms with van der Waals surface area (Å²) >= 11 is 6.69. The quantitative estimate of drug-likeness (QED) is 0.500. The molecule has 8 heteroatoms. The molecule has 1 aliphatic carbocycles. The van der Waals surface area contributed by atoms with E-state index in [1.54, 1.807) is 0 Å². The standard InChI is InChI=1S/C15H30NO4PS2/c1-5-12-8-6-7-9-13(12)23-21(18,22)19-11-10-16-14(17)20-15(2,3)4/h12-13H,5-11H2,1-4H3,(H,16,17)(H,18,22). The molecule has 0 aromatic carbocycles. The van der Waals surface area contributed by atoms with E-state index in [2.05, 4.69) is 12.2 Å². The minimum atomic E-state index is -2.85. The smallest absolute Gasteiger partial charge is 0.407 e. The van der Waals surface area contributed by atoms with Crippen LogP contribution in [0.5, 0.6) is 0 Å². The number of carbonyl (C=O) groups excluding carboxylic acids is 1. The third-order valence-electron chi connectivity index (χ3n) is 3.66. The van der Waals surface area contributed by atoms with Crippen LogP contribution in [0.15, 0.2) is 0 Å². The highest BCUT2D eigenvalue weighted by Gasteiger charge is 2.30. The third-order valence-corrected chi connectivity index (χ3v) is 8.34. The van der Waals surface area contributed by atoms with Gasteiger partial charge < -0.3 is 19.5 Å². The number of rotatable bonds is 7. The number of nitrogens with one attached hydrogen (secondary N) is 1. The SMILES string of the molecule is CCC1CCCCC1SP(O)(=S)OCCNC(=O)OC(C)(C)C. The van der Waals surface area contributed by atoms with Gasteiger partial charge in [0.15, 0.2) is 0 Å². The molecule has 2 N–H and O–H groups in total. The van der Waals surface area contributed by atoms with Crippen LogP contribution < -0.4 is 5.32 Å². The lowest BCUT2D eigenvalue weighted by molar-refractivity contribution is 0.0520. The molecule has 1 aliphatic rings. The second kappa shape index (κ2) is 9.62. The average Bonchev–Trinajstić information content (AvgIpc) is 2.42. The minimum Gasteiger partial charge on any atom is -0.444 e. The van der Waals surface area contributed by atoms with Gasteiger partial charge in [-0.15, -0.1) is 0 Å². The Kier molecular flexibility index (Phi) is 8.88. The topological polar surface area (TPSA) is 67.8 Å². The van der Waals surface area contributed by atoms with Gasteiger partial charge in [-0.3, -0.25) is 0 Å². The van der Waals surface area contributed by atoms with Crippen molar-refractivity contribution in [2.45, 2.75) is 70.7 Å². The molecule has 3 atom stereocenters. The monoisotopic (exact) mass is 383 g/mol. The summed E-state index contributed by atoms with van der Waals surface area (Å²) in [6, 6.07) is 0. The fourth-order valence-corrected chi connectivity index (χ4v) is 7.59. The van der Waals surface area contributed by atoms with Crippen LogP contribution in [0.2, 0.25) is 0 Å². The Labute approximate surface area is 149 Å². The summed E-state index contributed by atoms with van der Waals surface area (Å²) in [6.07, 6.45) is 5.41. The first-order chi connectivity index (χ1) is 10.6. The van der Waals surface area contributed by atoms with E-state index >= 15 is 0 Å². The Morgan fingerprint density at radius 2 is 2.04 bits per heavy atom. The summed E-state index contributed by atoms with van der Waals surface area (Å²) in [5.41, 5.74) is -3.38. The van der Waals surface area contributed by atoms with E-state index < -0.39 is 17.4 Å². The Morgan fingerprint density at radius 3 is 2.65 bits per heavy atom. The van der Waals surface area contributed by atoms with Crippen molar-refractivity contribution >= 4 is 35.0 Å². The zero-order valence-corrected chi connectivity index (χ0v) is 17.1. The molecule has 136 valence electrons. The highest BCUT2D eigenvalue weighted by Crippen LogP contribution is 2.61. The molecular weight excluding hydrogens is 353 g/mol. The van der Waals surface area contributed by atoms with Crippen LogP contribution >= 0.6 is 17.1 Å². The maximum Gasteiger partial charge on any atom is 0.407 e. The predicted octanol–water partition coefficient (Wildman–Crippen LogP) is 4.45. The van der Waals surface area contributed by atoms with E-state index in [1.807, 2.05) is 20.8 Å². The lowest BCUT2D eigenvalue weighted by Crippen LogP contribution is -2.34. The molecule has 1 rings (SSSR count). The van der Waals surface area contributed by atoms with E-state index in [4.69, 9.17) is 21.1 Å². The van der Waals surface area contributed by atoms with E-state index in [9.17, 15) is 9.69 Å². The maximum absolute atomic E-state index is 11.5. The fourth-order valence-electron chi connectivity index (χ4n) is 2.61. The van der Waals surface area contributed by atoms with Gasteiger partial charge in [0.1, 0.15) is 5.60 Å². The molecule has 0 spiro atoms. The number of carbonyl (C=O) groups is 1. The van der Waals surface area contributed by atoms with Gasteiger partial charge in [-0.05, 0) is 51.3 Å². The molecule has 0 aliphatic heterocycles. The number of alkyl carbamates (subject to hydrolysis) is 1. The molecule has 0 saturated heterocycles. The van der Waals surface area contributed by atoms with E-state index in [-0.39, 0.29) is 13.2 Å². The van der Waals surface area contributed by atoms with Crippen molar-refractivity contribution in [1.82, 2.24) is 5.32 Å². The largest absolute Gasteiger partial charge is 0.444 e. The predicted molar refractivity (Wildman–Crippen MR) is 100 cm³/mol. The molecule has 0 bridgehead atoms. The van der Waals surface area contributed by atoms with Crippen molar-refractivity contribution in [1.29, 1.82) is 0 Å². The molecular formula is C15H30NO4PS2. The summed E-state index contributed by atoms with van der Waals surface area (Å²) in [7, 11) is 0. The van der Waals surface area contributed by atoms with Crippen molar-refractivity contribution in [2.24, 2.45) is 5.92 Å². The van der Waals surface area contributed by atoms with Gasteiger partial charge in [0.05, 0.1) is 6.61 Å². The van der Waals surface area contributed by atoms with E-state index in [0.29, 0.717) is 11.2 Å². The summed E-state index contributed by atoms with van der Waals surface area (Å²) in [5, 5.41) is 2.99. The van der Waals surface area contributed by atoms with Gasteiger partial charge >= 0.3 is 6.09 Å². The first-order valence-electron chi connectivity index (χ1n) is 8.25. The molecule has 1 saturated carbocycles. The molecule has 0 radical (unpaired) electrons. The van der Waals surface area contributed by atoms with E-state index in [1.165, 1.54) is 30.6 Å². The Bertz CT molecular complexity index is 428. The van der Waals surface area contributed by atoms with Crippen molar-refractivity contribution in [3.63, 3.8) is 0 Å². The average molecular weight is 384 g/mol. The normalized spacial score (nSPS) is 24.7. The summed E-state index contributed by atoms with van der Waals surface area (Å²) in [6.45, 7) is 8.08. The lowest BCUT2D eigenvalue weighted by Gasteiger charge is -2.32. The number of hydrogen-bond acceptors (Lipinski definition) is 5. The highest BCUT2D eigenvalue weighted by atomic mass is 32.9. The zero-order valence-electron chi connectivity index (χ0n) is 14.5. The van der Waals surface area contributed by atoms with Gasteiger partial charge in [-0.1, -0.05) is 37.6 Å². The Balaban J connectivity index is 2.29. The third kappa shape index (κ3) is 9.30. The first kappa shape index (κ1) is 21.2. The van der Waals surface area contributed by atoms with Crippen LogP contribution in [0.1, 0.15) is 59.8 Å². The molecule has 3 unspecified atom stereocenters. The summed E-state index contributed by atoms with van der Waals surface area (Å²) < 4.78 is 10.6. The van der Waals surface area contributed by atoms with Gasteiger partial charge in [0, 0.05) is 11.8 Å². The van der Waals surface area contributed by atoms with Crippen molar-refractivity contribution in [2.75, 3.05) is 13.2 Å². The van der Waals surface area contributed by atoms with Gasteiger partial charge in [-0.2, -0.15) is 0 Å². The molecule has 0 aromatic rings. The minimum absolute atomic E-state index is 0.198. The Hall–Kier alpha value is 0.190. The number of amides is 1. The molecule has 1 amide bonds. The van der Waals surface area contributed by atoms with Gasteiger partial charge in [0.25, 0.3) is 0 Å². The first-order valence-corrected chi connectivity index (χ1v) is 12.4. The highest BCUT2D eigenvalue weighted by molar-refractivity contribution is 8.67. The lowest BCUT2D eigenvalue weighted by atomic mass is 9.87. The van der Waals surface area contributed by atoms with Crippen molar-refractivity contribution in [3.05, 3.63) is 0 Å². The van der Waals surface area contributed by atoms with Gasteiger partial charge in [0.2, 0.25) is 5.69 Å². The molecule has 5 nitrogen and oxygen atoms in total. The van der Waals surface area contributed by atoms with Crippen LogP contribution in [0.4, 0.5) is 4.79 Å². The number of ether oxygens (including phenoxy) is 1. The van der Waals surface area contributed by atoms with Crippen LogP contribution in [0.25, 0.3) is 0 Å². The van der Waals surface area contributed by atoms with E-state index in [0.717, 1.165) is 12.8 Å². The van der Waals surface area contributed by atoms with Crippen LogP contribution in [-0.4, -0.2) is 35.0 Å².